The van der Waals surface area contributed by atoms with Crippen molar-refractivity contribution in [3.63, 3.8) is 0 Å². The van der Waals surface area contributed by atoms with Crippen molar-refractivity contribution >= 4 is 5.91 Å². The van der Waals surface area contributed by atoms with Crippen LogP contribution in [0.25, 0.3) is 0 Å². The highest BCUT2D eigenvalue weighted by atomic mass is 16.2. The standard InChI is InChI=1S/C28H53NO/c1-2-3-4-5-6-7-8-9-10-11-12-13-14-15-16-17-18-19-20-21-22-25-28(30)29-26-23-24-27-29/h7-8H,2-6,9-27H2,1H3/b8-7-. The van der Waals surface area contributed by atoms with Crippen LogP contribution in [0.2, 0.25) is 0 Å². The average molecular weight is 420 g/mol. The second kappa shape index (κ2) is 21.4. The Bertz CT molecular complexity index is 397. The first-order chi connectivity index (χ1) is 14.8. The van der Waals surface area contributed by atoms with E-state index < -0.39 is 0 Å². The second-order valence-corrected chi connectivity index (χ2v) is 9.54. The minimum Gasteiger partial charge on any atom is -0.343 e. The van der Waals surface area contributed by atoms with Crippen LogP contribution in [0, 0.1) is 0 Å². The SMILES string of the molecule is CCCCCC/C=C\CCCCCCCCCCCCCCCC(=O)N1CCCC1. The van der Waals surface area contributed by atoms with Gasteiger partial charge in [-0.05, 0) is 44.9 Å². The molecule has 0 aromatic carbocycles. The summed E-state index contributed by atoms with van der Waals surface area (Å²) in [5.74, 6) is 0.404. The van der Waals surface area contributed by atoms with E-state index in [9.17, 15) is 4.79 Å². The molecule has 1 fully saturated rings. The van der Waals surface area contributed by atoms with Gasteiger partial charge in [-0.15, -0.1) is 0 Å². The fourth-order valence-electron chi connectivity index (χ4n) is 4.53. The van der Waals surface area contributed by atoms with E-state index in [1.54, 1.807) is 0 Å². The van der Waals surface area contributed by atoms with Gasteiger partial charge in [-0.2, -0.15) is 0 Å². The van der Waals surface area contributed by atoms with Crippen LogP contribution in [0.5, 0.6) is 0 Å². The fraction of sp³-hybridized carbons (Fsp3) is 0.893. The summed E-state index contributed by atoms with van der Waals surface area (Å²) in [7, 11) is 0. The van der Waals surface area contributed by atoms with Crippen molar-refractivity contribution in [2.24, 2.45) is 0 Å². The van der Waals surface area contributed by atoms with Crippen LogP contribution in [0.3, 0.4) is 0 Å². The van der Waals surface area contributed by atoms with Gasteiger partial charge >= 0.3 is 0 Å². The summed E-state index contributed by atoms with van der Waals surface area (Å²) < 4.78 is 0. The first kappa shape index (κ1) is 27.2. The molecule has 0 N–H and O–H groups in total. The van der Waals surface area contributed by atoms with Crippen LogP contribution in [-0.2, 0) is 4.79 Å². The molecule has 0 unspecified atom stereocenters. The molecule has 0 aromatic rings. The monoisotopic (exact) mass is 419 g/mol. The van der Waals surface area contributed by atoms with Crippen molar-refractivity contribution in [3.05, 3.63) is 12.2 Å². The van der Waals surface area contributed by atoms with Gasteiger partial charge in [0.1, 0.15) is 0 Å². The number of nitrogens with zero attached hydrogens (tertiary/aromatic N) is 1. The Hall–Kier alpha value is -0.790. The van der Waals surface area contributed by atoms with Gasteiger partial charge in [-0.3, -0.25) is 4.79 Å². The van der Waals surface area contributed by atoms with Crippen LogP contribution in [-0.4, -0.2) is 23.9 Å². The van der Waals surface area contributed by atoms with Gasteiger partial charge in [-0.25, -0.2) is 0 Å². The Morgan fingerprint density at radius 3 is 1.47 bits per heavy atom. The Morgan fingerprint density at radius 2 is 1.00 bits per heavy atom. The van der Waals surface area contributed by atoms with Gasteiger partial charge in [0.05, 0.1) is 0 Å². The van der Waals surface area contributed by atoms with E-state index in [0.29, 0.717) is 5.91 Å². The number of rotatable bonds is 21. The molecule has 0 atom stereocenters. The fourth-order valence-corrected chi connectivity index (χ4v) is 4.53. The Kier molecular flexibility index (Phi) is 19.5. The van der Waals surface area contributed by atoms with E-state index in [-0.39, 0.29) is 0 Å². The lowest BCUT2D eigenvalue weighted by atomic mass is 10.0. The van der Waals surface area contributed by atoms with Crippen LogP contribution in [0.4, 0.5) is 0 Å². The smallest absolute Gasteiger partial charge is 0.222 e. The molecule has 2 heteroatoms. The molecule has 176 valence electrons. The van der Waals surface area contributed by atoms with Gasteiger partial charge in [0.2, 0.25) is 5.91 Å². The van der Waals surface area contributed by atoms with Gasteiger partial charge in [0, 0.05) is 19.5 Å². The van der Waals surface area contributed by atoms with E-state index in [1.165, 1.54) is 128 Å². The van der Waals surface area contributed by atoms with Crippen LogP contribution in [0.15, 0.2) is 12.2 Å². The summed E-state index contributed by atoms with van der Waals surface area (Å²) in [6, 6.07) is 0. The van der Waals surface area contributed by atoms with Gasteiger partial charge in [0.15, 0.2) is 0 Å². The Balaban J connectivity index is 1.69. The molecule has 1 aliphatic heterocycles. The molecule has 0 aromatic heterocycles. The van der Waals surface area contributed by atoms with E-state index in [4.69, 9.17) is 0 Å². The highest BCUT2D eigenvalue weighted by molar-refractivity contribution is 5.76. The largest absolute Gasteiger partial charge is 0.343 e. The lowest BCUT2D eigenvalue weighted by Crippen LogP contribution is -2.27. The molecule has 1 heterocycles. The molecule has 1 rings (SSSR count). The zero-order valence-electron chi connectivity index (χ0n) is 20.5. The van der Waals surface area contributed by atoms with Gasteiger partial charge in [0.25, 0.3) is 0 Å². The van der Waals surface area contributed by atoms with Crippen LogP contribution >= 0.6 is 0 Å². The van der Waals surface area contributed by atoms with Crippen molar-refractivity contribution in [1.29, 1.82) is 0 Å². The molecule has 2 nitrogen and oxygen atoms in total. The number of hydrogen-bond donors (Lipinski definition) is 0. The quantitative estimate of drug-likeness (QED) is 0.134. The average Bonchev–Trinajstić information content (AvgIpc) is 3.30. The number of hydrogen-bond acceptors (Lipinski definition) is 1. The second-order valence-electron chi connectivity index (χ2n) is 9.54. The molecule has 0 saturated carbocycles. The predicted octanol–water partition coefficient (Wildman–Crippen LogP) is 8.99. The van der Waals surface area contributed by atoms with Gasteiger partial charge < -0.3 is 4.90 Å². The lowest BCUT2D eigenvalue weighted by Gasteiger charge is -2.14. The summed E-state index contributed by atoms with van der Waals surface area (Å²) in [6.45, 7) is 4.30. The number of unbranched alkanes of at least 4 members (excludes halogenated alkanes) is 17. The molecule has 1 saturated heterocycles. The summed E-state index contributed by atoms with van der Waals surface area (Å²) in [5.41, 5.74) is 0. The Morgan fingerprint density at radius 1 is 0.600 bits per heavy atom. The first-order valence-electron chi connectivity index (χ1n) is 13.8. The molecule has 0 aliphatic carbocycles. The van der Waals surface area contributed by atoms with E-state index >= 15 is 0 Å². The third-order valence-corrected chi connectivity index (χ3v) is 6.61. The van der Waals surface area contributed by atoms with Crippen molar-refractivity contribution in [3.8, 4) is 0 Å². The predicted molar refractivity (Wildman–Crippen MR) is 133 cm³/mol. The number of amides is 1. The minimum atomic E-state index is 0.404. The van der Waals surface area contributed by atoms with E-state index in [0.717, 1.165) is 25.9 Å². The number of likely N-dealkylation sites (tertiary alicyclic amines) is 1. The number of carbonyl (C=O) groups excluding carboxylic acids is 1. The third-order valence-electron chi connectivity index (χ3n) is 6.61. The summed E-state index contributed by atoms with van der Waals surface area (Å²) >= 11 is 0. The maximum Gasteiger partial charge on any atom is 0.222 e. The summed E-state index contributed by atoms with van der Waals surface area (Å²) in [5, 5.41) is 0. The molecule has 0 bridgehead atoms. The van der Waals surface area contributed by atoms with Gasteiger partial charge in [-0.1, -0.05) is 109 Å². The lowest BCUT2D eigenvalue weighted by molar-refractivity contribution is -0.130. The van der Waals surface area contributed by atoms with Crippen molar-refractivity contribution in [1.82, 2.24) is 4.90 Å². The number of allylic oxidation sites excluding steroid dienone is 2. The third kappa shape index (κ3) is 16.9. The molecule has 1 amide bonds. The normalized spacial score (nSPS) is 14.2. The van der Waals surface area contributed by atoms with Crippen LogP contribution < -0.4 is 0 Å². The summed E-state index contributed by atoms with van der Waals surface area (Å²) in [4.78, 5) is 14.0. The summed E-state index contributed by atoms with van der Waals surface area (Å²) in [6.07, 6.45) is 33.9. The van der Waals surface area contributed by atoms with Crippen molar-refractivity contribution < 1.29 is 4.79 Å². The maximum absolute atomic E-state index is 12.0. The number of carbonyl (C=O) groups is 1. The van der Waals surface area contributed by atoms with Crippen LogP contribution in [0.1, 0.15) is 148 Å². The van der Waals surface area contributed by atoms with Crippen molar-refractivity contribution in [2.75, 3.05) is 13.1 Å². The molecule has 0 spiro atoms. The van der Waals surface area contributed by atoms with E-state index in [1.807, 2.05) is 0 Å². The highest BCUT2D eigenvalue weighted by Crippen LogP contribution is 2.15. The molecule has 1 aliphatic rings. The molecule has 30 heavy (non-hydrogen) atoms. The molecular weight excluding hydrogens is 366 g/mol. The maximum atomic E-state index is 12.0. The van der Waals surface area contributed by atoms with E-state index in [2.05, 4.69) is 24.0 Å². The topological polar surface area (TPSA) is 20.3 Å². The van der Waals surface area contributed by atoms with Crippen molar-refractivity contribution in [2.45, 2.75) is 148 Å². The molecular formula is C28H53NO. The minimum absolute atomic E-state index is 0.404. The molecule has 0 radical (unpaired) electrons. The first-order valence-corrected chi connectivity index (χ1v) is 13.8. The Labute approximate surface area is 189 Å². The zero-order chi connectivity index (χ0) is 21.5. The zero-order valence-corrected chi connectivity index (χ0v) is 20.5. The highest BCUT2D eigenvalue weighted by Gasteiger charge is 2.16.